The molecule has 3 rings (SSSR count). The van der Waals surface area contributed by atoms with Crippen LogP contribution < -0.4 is 0 Å². The van der Waals surface area contributed by atoms with Crippen LogP contribution in [0.15, 0.2) is 24.3 Å². The van der Waals surface area contributed by atoms with Gasteiger partial charge in [-0.2, -0.15) is 0 Å². The minimum atomic E-state index is -0.283. The van der Waals surface area contributed by atoms with Gasteiger partial charge in [0.2, 0.25) is 11.8 Å². The third-order valence-electron chi connectivity index (χ3n) is 5.64. The number of carbonyl (C=O) groups excluding carboxylic acids is 2. The zero-order valence-corrected chi connectivity index (χ0v) is 16.2. The Kier molecular flexibility index (Phi) is 6.47. The first-order chi connectivity index (χ1) is 13.0. The average molecular weight is 376 g/mol. The van der Waals surface area contributed by atoms with E-state index in [1.54, 1.807) is 12.1 Å². The molecule has 0 saturated carbocycles. The van der Waals surface area contributed by atoms with Crippen molar-refractivity contribution in [1.82, 2.24) is 9.80 Å². The second-order valence-corrected chi connectivity index (χ2v) is 7.88. The molecule has 2 heterocycles. The van der Waals surface area contributed by atoms with Crippen molar-refractivity contribution in [2.45, 2.75) is 45.7 Å². The number of hydrogen-bond acceptors (Lipinski definition) is 3. The molecule has 2 amide bonds. The van der Waals surface area contributed by atoms with Crippen LogP contribution in [0, 0.1) is 17.7 Å². The van der Waals surface area contributed by atoms with Crippen molar-refractivity contribution in [1.29, 1.82) is 0 Å². The van der Waals surface area contributed by atoms with Crippen LogP contribution in [0.4, 0.5) is 4.39 Å². The van der Waals surface area contributed by atoms with Crippen molar-refractivity contribution in [3.63, 3.8) is 0 Å². The third kappa shape index (κ3) is 4.86. The van der Waals surface area contributed by atoms with E-state index in [9.17, 15) is 14.0 Å². The summed E-state index contributed by atoms with van der Waals surface area (Å²) in [6.45, 7) is 6.90. The number of halogens is 1. The summed E-state index contributed by atoms with van der Waals surface area (Å²) >= 11 is 0. The van der Waals surface area contributed by atoms with Gasteiger partial charge in [0.15, 0.2) is 0 Å². The Balaban J connectivity index is 1.75. The minimum Gasteiger partial charge on any atom is -0.381 e. The normalized spacial score (nSPS) is 22.2. The van der Waals surface area contributed by atoms with Gasteiger partial charge in [0.05, 0.1) is 6.04 Å². The van der Waals surface area contributed by atoms with Crippen molar-refractivity contribution in [3.05, 3.63) is 35.6 Å². The first-order valence-corrected chi connectivity index (χ1v) is 9.86. The summed E-state index contributed by atoms with van der Waals surface area (Å²) in [4.78, 5) is 29.6. The van der Waals surface area contributed by atoms with Crippen molar-refractivity contribution >= 4 is 11.8 Å². The molecule has 0 aromatic heterocycles. The standard InChI is InChI=1S/C21H29FN2O3/c1-15(2)19-14-23(21(26)17-8-11-27-12-9-17)10-7-20(25)24(19)13-16-3-5-18(22)6-4-16/h3-6,15,17,19H,7-14H2,1-2H3. The van der Waals surface area contributed by atoms with Gasteiger partial charge in [0.25, 0.3) is 0 Å². The fraction of sp³-hybridized carbons (Fsp3) is 0.619. The summed E-state index contributed by atoms with van der Waals surface area (Å²) in [5.41, 5.74) is 0.902. The number of carbonyl (C=O) groups is 2. The fourth-order valence-electron chi connectivity index (χ4n) is 3.94. The van der Waals surface area contributed by atoms with Crippen molar-refractivity contribution in [2.75, 3.05) is 26.3 Å². The smallest absolute Gasteiger partial charge is 0.225 e. The highest BCUT2D eigenvalue weighted by Gasteiger charge is 2.35. The number of ether oxygens (including phenoxy) is 1. The summed E-state index contributed by atoms with van der Waals surface area (Å²) in [6, 6.07) is 6.23. The van der Waals surface area contributed by atoms with Gasteiger partial charge >= 0.3 is 0 Å². The van der Waals surface area contributed by atoms with Crippen LogP contribution in [-0.4, -0.2) is 54.0 Å². The first kappa shape index (κ1) is 19.8. The molecule has 2 aliphatic heterocycles. The van der Waals surface area contributed by atoms with E-state index in [0.717, 1.165) is 18.4 Å². The average Bonchev–Trinajstić information content (AvgIpc) is 2.83. The van der Waals surface area contributed by atoms with E-state index in [0.29, 0.717) is 39.3 Å². The molecule has 2 fully saturated rings. The molecule has 148 valence electrons. The molecule has 1 aromatic rings. The van der Waals surface area contributed by atoms with E-state index in [2.05, 4.69) is 13.8 Å². The van der Waals surface area contributed by atoms with E-state index in [4.69, 9.17) is 4.74 Å². The van der Waals surface area contributed by atoms with Crippen LogP contribution >= 0.6 is 0 Å². The van der Waals surface area contributed by atoms with Gasteiger partial charge in [-0.1, -0.05) is 26.0 Å². The number of amides is 2. The molecule has 5 nitrogen and oxygen atoms in total. The molecule has 0 spiro atoms. The predicted molar refractivity (Wildman–Crippen MR) is 100 cm³/mol. The number of nitrogens with zero attached hydrogens (tertiary/aromatic N) is 2. The molecule has 2 saturated heterocycles. The summed E-state index contributed by atoms with van der Waals surface area (Å²) in [5, 5.41) is 0. The molecule has 2 aliphatic rings. The summed E-state index contributed by atoms with van der Waals surface area (Å²) < 4.78 is 18.6. The lowest BCUT2D eigenvalue weighted by Crippen LogP contribution is -2.48. The second kappa shape index (κ2) is 8.83. The first-order valence-electron chi connectivity index (χ1n) is 9.86. The molecule has 1 aromatic carbocycles. The van der Waals surface area contributed by atoms with Crippen molar-refractivity contribution < 1.29 is 18.7 Å². The Morgan fingerprint density at radius 3 is 2.52 bits per heavy atom. The SMILES string of the molecule is CC(C)C1CN(C(=O)C2CCOCC2)CCC(=O)N1Cc1ccc(F)cc1. The second-order valence-electron chi connectivity index (χ2n) is 7.88. The van der Waals surface area contributed by atoms with Gasteiger partial charge in [-0.3, -0.25) is 9.59 Å². The Morgan fingerprint density at radius 1 is 1.22 bits per heavy atom. The van der Waals surface area contributed by atoms with Crippen molar-refractivity contribution in [2.24, 2.45) is 11.8 Å². The van der Waals surface area contributed by atoms with Crippen LogP contribution in [0.2, 0.25) is 0 Å². The van der Waals surface area contributed by atoms with Crippen LogP contribution in [-0.2, 0) is 20.9 Å². The summed E-state index contributed by atoms with van der Waals surface area (Å²) in [6.07, 6.45) is 1.85. The molecule has 27 heavy (non-hydrogen) atoms. The quantitative estimate of drug-likeness (QED) is 0.812. The summed E-state index contributed by atoms with van der Waals surface area (Å²) in [5.74, 6) is 0.151. The zero-order chi connectivity index (χ0) is 19.4. The molecule has 1 unspecified atom stereocenters. The number of benzene rings is 1. The van der Waals surface area contributed by atoms with Crippen molar-refractivity contribution in [3.8, 4) is 0 Å². The molecule has 6 heteroatoms. The van der Waals surface area contributed by atoms with E-state index in [1.165, 1.54) is 12.1 Å². The third-order valence-corrected chi connectivity index (χ3v) is 5.64. The highest BCUT2D eigenvalue weighted by Crippen LogP contribution is 2.24. The lowest BCUT2D eigenvalue weighted by atomic mass is 9.97. The lowest BCUT2D eigenvalue weighted by Gasteiger charge is -2.36. The van der Waals surface area contributed by atoms with E-state index < -0.39 is 0 Å². The molecule has 0 N–H and O–H groups in total. The molecule has 0 bridgehead atoms. The van der Waals surface area contributed by atoms with Gasteiger partial charge in [0, 0.05) is 45.2 Å². The van der Waals surface area contributed by atoms with Crippen LogP contribution in [0.1, 0.15) is 38.7 Å². The minimum absolute atomic E-state index is 0.00492. The van der Waals surface area contributed by atoms with Gasteiger partial charge in [-0.05, 0) is 36.5 Å². The Bertz CT molecular complexity index is 656. The Hall–Kier alpha value is -1.95. The monoisotopic (exact) mass is 376 g/mol. The van der Waals surface area contributed by atoms with E-state index in [1.807, 2.05) is 9.80 Å². The maximum Gasteiger partial charge on any atom is 0.225 e. The van der Waals surface area contributed by atoms with Gasteiger partial charge < -0.3 is 14.5 Å². The van der Waals surface area contributed by atoms with Crippen LogP contribution in [0.25, 0.3) is 0 Å². The number of hydrogen-bond donors (Lipinski definition) is 0. The Labute approximate surface area is 160 Å². The lowest BCUT2D eigenvalue weighted by molar-refractivity contribution is -0.139. The van der Waals surface area contributed by atoms with Gasteiger partial charge in [-0.15, -0.1) is 0 Å². The maximum absolute atomic E-state index is 13.2. The fourth-order valence-corrected chi connectivity index (χ4v) is 3.94. The van der Waals surface area contributed by atoms with Crippen LogP contribution in [0.3, 0.4) is 0 Å². The zero-order valence-electron chi connectivity index (χ0n) is 16.2. The summed E-state index contributed by atoms with van der Waals surface area (Å²) in [7, 11) is 0. The van der Waals surface area contributed by atoms with E-state index in [-0.39, 0.29) is 35.5 Å². The van der Waals surface area contributed by atoms with E-state index >= 15 is 0 Å². The topological polar surface area (TPSA) is 49.9 Å². The molecule has 0 radical (unpaired) electrons. The molecule has 1 atom stereocenters. The number of rotatable bonds is 4. The molecular weight excluding hydrogens is 347 g/mol. The Morgan fingerprint density at radius 2 is 1.89 bits per heavy atom. The largest absolute Gasteiger partial charge is 0.381 e. The maximum atomic E-state index is 13.2. The van der Waals surface area contributed by atoms with Crippen LogP contribution in [0.5, 0.6) is 0 Å². The molecular formula is C21H29FN2O3. The highest BCUT2D eigenvalue weighted by molar-refractivity contribution is 5.82. The van der Waals surface area contributed by atoms with Gasteiger partial charge in [0.1, 0.15) is 5.82 Å². The predicted octanol–water partition coefficient (Wildman–Crippen LogP) is 2.84. The molecule has 0 aliphatic carbocycles. The highest BCUT2D eigenvalue weighted by atomic mass is 19.1. The van der Waals surface area contributed by atoms with Gasteiger partial charge in [-0.25, -0.2) is 4.39 Å².